The van der Waals surface area contributed by atoms with Crippen LogP contribution in [0.15, 0.2) is 42.5 Å². The number of hydrogen-bond donors (Lipinski definition) is 2. The van der Waals surface area contributed by atoms with Crippen LogP contribution >= 0.6 is 11.6 Å². The van der Waals surface area contributed by atoms with Crippen molar-refractivity contribution in [2.75, 3.05) is 24.2 Å². The van der Waals surface area contributed by atoms with Gasteiger partial charge < -0.3 is 15.8 Å². The molecule has 0 fully saturated rings. The second-order valence-corrected chi connectivity index (χ2v) is 4.68. The van der Waals surface area contributed by atoms with E-state index in [4.69, 9.17) is 22.1 Å². The molecular weight excluding hydrogens is 294 g/mol. The number of nitrogens with two attached hydrogens (primary N) is 1. The van der Waals surface area contributed by atoms with Gasteiger partial charge in [-0.3, -0.25) is 10.1 Å². The van der Waals surface area contributed by atoms with Gasteiger partial charge in [0.25, 0.3) is 5.69 Å². The molecule has 21 heavy (non-hydrogen) atoms. The molecule has 2 aromatic rings. The average Bonchev–Trinajstić information content (AvgIpc) is 2.45. The molecule has 0 saturated carbocycles. The molecule has 0 aliphatic heterocycles. The first kappa shape index (κ1) is 14.9. The molecule has 0 unspecified atom stereocenters. The third kappa shape index (κ3) is 4.25. The number of halogens is 1. The molecule has 7 heteroatoms. The van der Waals surface area contributed by atoms with Crippen LogP contribution in [0.3, 0.4) is 0 Å². The standard InChI is InChI=1S/C14H14ClN3O3/c15-13-9-11(18(19)20)4-5-14(13)17-6-7-21-12-3-1-2-10(16)8-12/h1-5,8-9,17H,6-7,16H2. The molecule has 0 bridgehead atoms. The number of nitrogen functional groups attached to an aromatic ring is 1. The maximum atomic E-state index is 10.6. The fourth-order valence-electron chi connectivity index (χ4n) is 1.72. The van der Waals surface area contributed by atoms with E-state index in [-0.39, 0.29) is 5.69 Å². The number of nitrogens with one attached hydrogen (secondary N) is 1. The molecule has 6 nitrogen and oxygen atoms in total. The monoisotopic (exact) mass is 307 g/mol. The maximum absolute atomic E-state index is 10.6. The highest BCUT2D eigenvalue weighted by Crippen LogP contribution is 2.26. The van der Waals surface area contributed by atoms with Gasteiger partial charge in [0, 0.05) is 30.4 Å². The first-order valence-electron chi connectivity index (χ1n) is 6.22. The van der Waals surface area contributed by atoms with E-state index in [1.807, 2.05) is 12.1 Å². The molecule has 0 aliphatic carbocycles. The second kappa shape index (κ2) is 6.81. The molecule has 110 valence electrons. The van der Waals surface area contributed by atoms with E-state index in [0.717, 1.165) is 0 Å². The lowest BCUT2D eigenvalue weighted by Crippen LogP contribution is -2.11. The number of hydrogen-bond acceptors (Lipinski definition) is 5. The Morgan fingerprint density at radius 2 is 2.10 bits per heavy atom. The smallest absolute Gasteiger partial charge is 0.271 e. The number of nitro groups is 1. The average molecular weight is 308 g/mol. The molecule has 0 atom stereocenters. The highest BCUT2D eigenvalue weighted by Gasteiger charge is 2.08. The van der Waals surface area contributed by atoms with Crippen LogP contribution in [0.5, 0.6) is 5.75 Å². The van der Waals surface area contributed by atoms with Gasteiger partial charge in [-0.2, -0.15) is 0 Å². The largest absolute Gasteiger partial charge is 0.492 e. The number of nitrogens with zero attached hydrogens (tertiary/aromatic N) is 1. The van der Waals surface area contributed by atoms with Gasteiger partial charge >= 0.3 is 0 Å². The molecule has 2 aromatic carbocycles. The molecule has 3 N–H and O–H groups in total. The lowest BCUT2D eigenvalue weighted by Gasteiger charge is -2.10. The van der Waals surface area contributed by atoms with Gasteiger partial charge in [-0.25, -0.2) is 0 Å². The molecule has 0 spiro atoms. The van der Waals surface area contributed by atoms with Gasteiger partial charge in [0.1, 0.15) is 12.4 Å². The summed E-state index contributed by atoms with van der Waals surface area (Å²) in [6.45, 7) is 0.920. The molecule has 0 amide bonds. The summed E-state index contributed by atoms with van der Waals surface area (Å²) in [6, 6.07) is 11.4. The molecule has 0 heterocycles. The van der Waals surface area contributed by atoms with Crippen molar-refractivity contribution in [3.8, 4) is 5.75 Å². The number of rotatable bonds is 6. The molecule has 0 aromatic heterocycles. The Kier molecular flexibility index (Phi) is 4.84. The number of ether oxygens (including phenoxy) is 1. The first-order chi connectivity index (χ1) is 10.1. The van der Waals surface area contributed by atoms with E-state index in [1.165, 1.54) is 12.1 Å². The van der Waals surface area contributed by atoms with Crippen LogP contribution in [-0.2, 0) is 0 Å². The van der Waals surface area contributed by atoms with Crippen LogP contribution in [0.2, 0.25) is 5.02 Å². The van der Waals surface area contributed by atoms with Gasteiger partial charge in [-0.1, -0.05) is 17.7 Å². The summed E-state index contributed by atoms with van der Waals surface area (Å²) < 4.78 is 5.52. The molecular formula is C14H14ClN3O3. The van der Waals surface area contributed by atoms with Crippen LogP contribution in [-0.4, -0.2) is 18.1 Å². The SMILES string of the molecule is Nc1cccc(OCCNc2ccc([N+](=O)[O-])cc2Cl)c1. The lowest BCUT2D eigenvalue weighted by molar-refractivity contribution is -0.384. The Hall–Kier alpha value is -2.47. The normalized spacial score (nSPS) is 10.1. The quantitative estimate of drug-likeness (QED) is 0.370. The third-order valence-electron chi connectivity index (χ3n) is 2.71. The lowest BCUT2D eigenvalue weighted by atomic mass is 10.3. The number of anilines is 2. The van der Waals surface area contributed by atoms with Crippen molar-refractivity contribution in [3.05, 3.63) is 57.6 Å². The predicted octanol–water partition coefficient (Wildman–Crippen LogP) is 3.32. The minimum Gasteiger partial charge on any atom is -0.492 e. The zero-order chi connectivity index (χ0) is 15.2. The van der Waals surface area contributed by atoms with Crippen LogP contribution < -0.4 is 15.8 Å². The van der Waals surface area contributed by atoms with E-state index in [2.05, 4.69) is 5.32 Å². The zero-order valence-electron chi connectivity index (χ0n) is 11.1. The third-order valence-corrected chi connectivity index (χ3v) is 3.02. The topological polar surface area (TPSA) is 90.4 Å². The Balaban J connectivity index is 1.85. The number of nitro benzene ring substituents is 1. The van der Waals surface area contributed by atoms with Crippen molar-refractivity contribution in [2.45, 2.75) is 0 Å². The summed E-state index contributed by atoms with van der Waals surface area (Å²) in [4.78, 5) is 10.1. The first-order valence-corrected chi connectivity index (χ1v) is 6.60. The fraction of sp³-hybridized carbons (Fsp3) is 0.143. The molecule has 2 rings (SSSR count). The van der Waals surface area contributed by atoms with Crippen molar-refractivity contribution in [3.63, 3.8) is 0 Å². The number of benzene rings is 2. The highest BCUT2D eigenvalue weighted by atomic mass is 35.5. The van der Waals surface area contributed by atoms with Crippen LogP contribution in [0.4, 0.5) is 17.1 Å². The van der Waals surface area contributed by atoms with Crippen LogP contribution in [0.1, 0.15) is 0 Å². The predicted molar refractivity (Wildman–Crippen MR) is 82.9 cm³/mol. The summed E-state index contributed by atoms with van der Waals surface area (Å²) in [5.74, 6) is 0.687. The van der Waals surface area contributed by atoms with E-state index >= 15 is 0 Å². The second-order valence-electron chi connectivity index (χ2n) is 4.27. The van der Waals surface area contributed by atoms with Gasteiger partial charge in [-0.05, 0) is 18.2 Å². The van der Waals surface area contributed by atoms with Crippen LogP contribution in [0.25, 0.3) is 0 Å². The van der Waals surface area contributed by atoms with Gasteiger partial charge in [0.15, 0.2) is 0 Å². The van der Waals surface area contributed by atoms with Gasteiger partial charge in [-0.15, -0.1) is 0 Å². The van der Waals surface area contributed by atoms with E-state index in [1.54, 1.807) is 18.2 Å². The van der Waals surface area contributed by atoms with Crippen molar-refractivity contribution < 1.29 is 9.66 Å². The summed E-state index contributed by atoms with van der Waals surface area (Å²) in [5.41, 5.74) is 6.87. The fourth-order valence-corrected chi connectivity index (χ4v) is 1.96. The van der Waals surface area contributed by atoms with Crippen molar-refractivity contribution >= 4 is 28.7 Å². The van der Waals surface area contributed by atoms with Crippen molar-refractivity contribution in [1.29, 1.82) is 0 Å². The molecule has 0 aliphatic rings. The van der Waals surface area contributed by atoms with E-state index < -0.39 is 4.92 Å². The molecule has 0 radical (unpaired) electrons. The Morgan fingerprint density at radius 1 is 1.29 bits per heavy atom. The van der Waals surface area contributed by atoms with E-state index in [9.17, 15) is 10.1 Å². The summed E-state index contributed by atoms with van der Waals surface area (Å²) in [5, 5.41) is 14.0. The summed E-state index contributed by atoms with van der Waals surface area (Å²) in [7, 11) is 0. The minimum atomic E-state index is -0.488. The summed E-state index contributed by atoms with van der Waals surface area (Å²) >= 11 is 5.97. The minimum absolute atomic E-state index is 0.0402. The van der Waals surface area contributed by atoms with Gasteiger partial charge in [0.05, 0.1) is 15.6 Å². The van der Waals surface area contributed by atoms with E-state index in [0.29, 0.717) is 35.3 Å². The van der Waals surface area contributed by atoms with Crippen LogP contribution in [0, 0.1) is 10.1 Å². The van der Waals surface area contributed by atoms with Crippen molar-refractivity contribution in [2.24, 2.45) is 0 Å². The maximum Gasteiger partial charge on any atom is 0.271 e. The van der Waals surface area contributed by atoms with Crippen molar-refractivity contribution in [1.82, 2.24) is 0 Å². The van der Waals surface area contributed by atoms with Gasteiger partial charge in [0.2, 0.25) is 0 Å². The number of non-ortho nitro benzene ring substituents is 1. The Labute approximate surface area is 126 Å². The Bertz CT molecular complexity index is 649. The summed E-state index contributed by atoms with van der Waals surface area (Å²) in [6.07, 6.45) is 0. The zero-order valence-corrected chi connectivity index (χ0v) is 11.8. The highest BCUT2D eigenvalue weighted by molar-refractivity contribution is 6.33. The Morgan fingerprint density at radius 3 is 2.76 bits per heavy atom. The molecule has 0 saturated heterocycles.